The summed E-state index contributed by atoms with van der Waals surface area (Å²) in [6, 6.07) is 14.7. The number of H-pyrrole nitrogens is 1. The van der Waals surface area contributed by atoms with Crippen molar-refractivity contribution >= 4 is 40.6 Å². The molecule has 0 fully saturated rings. The molecule has 0 bridgehead atoms. The maximum absolute atomic E-state index is 6.31. The molecule has 8 heteroatoms. The number of hydrogen-bond acceptors (Lipinski definition) is 6. The fraction of sp³-hybridized carbons (Fsp3) is 0.192. The molecule has 2 aromatic heterocycles. The van der Waals surface area contributed by atoms with Gasteiger partial charge in [-0.2, -0.15) is 10.1 Å². The summed E-state index contributed by atoms with van der Waals surface area (Å²) in [7, 11) is 1.88. The second-order valence-corrected chi connectivity index (χ2v) is 8.47. The van der Waals surface area contributed by atoms with Crippen LogP contribution in [0, 0.1) is 13.8 Å². The van der Waals surface area contributed by atoms with Crippen LogP contribution in [0.15, 0.2) is 55.2 Å². The monoisotopic (exact) mass is 473 g/mol. The van der Waals surface area contributed by atoms with E-state index < -0.39 is 0 Å². The molecule has 7 nitrogen and oxygen atoms in total. The summed E-state index contributed by atoms with van der Waals surface area (Å²) < 4.78 is 0. The first kappa shape index (κ1) is 23.3. The molecule has 4 aromatic rings. The number of benzene rings is 2. The number of aromatic nitrogens is 4. The van der Waals surface area contributed by atoms with Gasteiger partial charge in [-0.1, -0.05) is 49.4 Å². The zero-order valence-electron chi connectivity index (χ0n) is 19.8. The summed E-state index contributed by atoms with van der Waals surface area (Å²) in [6.45, 7) is 10.2. The van der Waals surface area contributed by atoms with Gasteiger partial charge in [0, 0.05) is 30.2 Å². The molecule has 0 aliphatic carbocycles. The fourth-order valence-electron chi connectivity index (χ4n) is 3.71. The van der Waals surface area contributed by atoms with Gasteiger partial charge in [-0.3, -0.25) is 5.10 Å². The minimum atomic E-state index is 0.415. The number of anilines is 4. The third kappa shape index (κ3) is 5.05. The third-order valence-corrected chi connectivity index (χ3v) is 5.90. The Labute approximate surface area is 204 Å². The average Bonchev–Trinajstić information content (AvgIpc) is 3.25. The van der Waals surface area contributed by atoms with E-state index in [4.69, 9.17) is 11.6 Å². The van der Waals surface area contributed by atoms with Gasteiger partial charge in [-0.25, -0.2) is 4.98 Å². The molecule has 0 aliphatic heterocycles. The molecule has 0 spiro atoms. The fourth-order valence-corrected chi connectivity index (χ4v) is 3.85. The Bertz CT molecular complexity index is 1330. The molecule has 0 saturated heterocycles. The third-order valence-electron chi connectivity index (χ3n) is 5.62. The second-order valence-electron chi connectivity index (χ2n) is 8.06. The van der Waals surface area contributed by atoms with Crippen molar-refractivity contribution in [3.63, 3.8) is 0 Å². The van der Waals surface area contributed by atoms with Crippen molar-refractivity contribution in [3.8, 4) is 11.1 Å². The molecule has 4 rings (SSSR count). The van der Waals surface area contributed by atoms with Crippen LogP contribution in [0.5, 0.6) is 0 Å². The Morgan fingerprint density at radius 3 is 2.50 bits per heavy atom. The summed E-state index contributed by atoms with van der Waals surface area (Å²) in [5.41, 5.74) is 8.55. The van der Waals surface area contributed by atoms with Crippen molar-refractivity contribution in [2.24, 2.45) is 0 Å². The topological polar surface area (TPSA) is 90.6 Å². The lowest BCUT2D eigenvalue weighted by atomic mass is 9.95. The van der Waals surface area contributed by atoms with E-state index in [2.05, 4.69) is 92.9 Å². The number of nitrogens with zero attached hydrogens (tertiary/aromatic N) is 3. The second kappa shape index (κ2) is 9.97. The van der Waals surface area contributed by atoms with Crippen molar-refractivity contribution in [2.75, 3.05) is 17.7 Å². The van der Waals surface area contributed by atoms with Crippen LogP contribution in [-0.2, 0) is 6.42 Å². The lowest BCUT2D eigenvalue weighted by Gasteiger charge is -2.16. The highest BCUT2D eigenvalue weighted by molar-refractivity contribution is 6.32. The van der Waals surface area contributed by atoms with Crippen LogP contribution >= 0.6 is 11.6 Å². The number of rotatable bonds is 8. The largest absolute Gasteiger partial charge is 0.388 e. The Hall–Kier alpha value is -3.84. The van der Waals surface area contributed by atoms with Crippen molar-refractivity contribution in [1.29, 1.82) is 0 Å². The van der Waals surface area contributed by atoms with E-state index in [1.165, 1.54) is 11.1 Å². The molecule has 0 amide bonds. The zero-order chi connectivity index (χ0) is 24.2. The number of nitrogens with one attached hydrogen (secondary N) is 4. The minimum absolute atomic E-state index is 0.415. The summed E-state index contributed by atoms with van der Waals surface area (Å²) in [4.78, 5) is 8.92. The van der Waals surface area contributed by atoms with Crippen LogP contribution < -0.4 is 16.0 Å². The summed E-state index contributed by atoms with van der Waals surface area (Å²) >= 11 is 6.31. The maximum atomic E-state index is 6.31. The van der Waals surface area contributed by atoms with Gasteiger partial charge in [-0.05, 0) is 60.2 Å². The smallest absolute Gasteiger partial charge is 0.229 e. The highest BCUT2D eigenvalue weighted by Gasteiger charge is 2.12. The Morgan fingerprint density at radius 2 is 1.85 bits per heavy atom. The predicted octanol–water partition coefficient (Wildman–Crippen LogP) is 6.38. The standard InChI is InChI=1S/C26H28ClN7/c1-6-18-13-21(20-9-7-19(8-10-20)17(4)28-5)15(2)11-23(18)30-26-29-14-22(27)25(32-26)31-24-12-16(3)33-34-24/h7-14,28H,4,6H2,1-3,5H3,(H3,29,30,31,32,33,34). The number of halogens is 1. The van der Waals surface area contributed by atoms with Gasteiger partial charge in [0.05, 0.1) is 6.20 Å². The van der Waals surface area contributed by atoms with E-state index in [0.29, 0.717) is 22.6 Å². The van der Waals surface area contributed by atoms with Gasteiger partial charge in [0.1, 0.15) is 5.02 Å². The van der Waals surface area contributed by atoms with E-state index in [0.717, 1.165) is 40.2 Å². The zero-order valence-corrected chi connectivity index (χ0v) is 20.5. The Kier molecular flexibility index (Phi) is 6.84. The highest BCUT2D eigenvalue weighted by Crippen LogP contribution is 2.32. The summed E-state index contributed by atoms with van der Waals surface area (Å²) in [6.07, 6.45) is 2.43. The summed E-state index contributed by atoms with van der Waals surface area (Å²) in [5, 5.41) is 17.1. The molecule has 0 atom stereocenters. The van der Waals surface area contributed by atoms with E-state index in [1.54, 1.807) is 6.20 Å². The Balaban J connectivity index is 1.61. The molecule has 2 heterocycles. The van der Waals surface area contributed by atoms with Gasteiger partial charge >= 0.3 is 0 Å². The van der Waals surface area contributed by atoms with Crippen LogP contribution in [0.25, 0.3) is 16.8 Å². The number of aromatic amines is 1. The van der Waals surface area contributed by atoms with Crippen LogP contribution in [0.3, 0.4) is 0 Å². The van der Waals surface area contributed by atoms with Crippen molar-refractivity contribution in [1.82, 2.24) is 25.5 Å². The van der Waals surface area contributed by atoms with Crippen molar-refractivity contribution in [2.45, 2.75) is 27.2 Å². The Morgan fingerprint density at radius 1 is 1.09 bits per heavy atom. The molecule has 0 saturated carbocycles. The first-order valence-corrected chi connectivity index (χ1v) is 11.4. The molecule has 0 aliphatic rings. The normalized spacial score (nSPS) is 10.7. The summed E-state index contributed by atoms with van der Waals surface area (Å²) in [5.74, 6) is 1.58. The van der Waals surface area contributed by atoms with Gasteiger partial charge in [-0.15, -0.1) is 0 Å². The quantitative estimate of drug-likeness (QED) is 0.237. The maximum Gasteiger partial charge on any atom is 0.229 e. The van der Waals surface area contributed by atoms with Crippen LogP contribution in [0.1, 0.15) is 29.3 Å². The van der Waals surface area contributed by atoms with Gasteiger partial charge in [0.25, 0.3) is 0 Å². The van der Waals surface area contributed by atoms with Crippen LogP contribution in [0.4, 0.5) is 23.3 Å². The molecule has 0 unspecified atom stereocenters. The SMILES string of the molecule is C=C(NC)c1ccc(-c2cc(CC)c(Nc3ncc(Cl)c(Nc4cc(C)[nH]n4)n3)cc2C)cc1. The van der Waals surface area contributed by atoms with E-state index in [9.17, 15) is 0 Å². The first-order valence-electron chi connectivity index (χ1n) is 11.1. The number of hydrogen-bond donors (Lipinski definition) is 4. The van der Waals surface area contributed by atoms with Crippen LogP contribution in [-0.4, -0.2) is 27.2 Å². The lowest BCUT2D eigenvalue weighted by Crippen LogP contribution is -2.04. The van der Waals surface area contributed by atoms with E-state index >= 15 is 0 Å². The van der Waals surface area contributed by atoms with Gasteiger partial charge in [0.15, 0.2) is 11.6 Å². The minimum Gasteiger partial charge on any atom is -0.388 e. The number of aryl methyl sites for hydroxylation is 3. The molecule has 2 aromatic carbocycles. The van der Waals surface area contributed by atoms with Gasteiger partial charge in [0.2, 0.25) is 5.95 Å². The molecule has 0 radical (unpaired) electrons. The molecular formula is C26H28ClN7. The predicted molar refractivity (Wildman–Crippen MR) is 141 cm³/mol. The molecular weight excluding hydrogens is 446 g/mol. The highest BCUT2D eigenvalue weighted by atomic mass is 35.5. The van der Waals surface area contributed by atoms with Crippen molar-refractivity contribution < 1.29 is 0 Å². The van der Waals surface area contributed by atoms with E-state index in [1.807, 2.05) is 20.0 Å². The van der Waals surface area contributed by atoms with Crippen molar-refractivity contribution in [3.05, 3.63) is 82.6 Å². The first-order chi connectivity index (χ1) is 16.4. The van der Waals surface area contributed by atoms with Gasteiger partial charge < -0.3 is 16.0 Å². The molecule has 174 valence electrons. The molecule has 34 heavy (non-hydrogen) atoms. The van der Waals surface area contributed by atoms with Crippen LogP contribution in [0.2, 0.25) is 5.02 Å². The van der Waals surface area contributed by atoms with E-state index in [-0.39, 0.29) is 0 Å². The lowest BCUT2D eigenvalue weighted by molar-refractivity contribution is 1.05. The molecule has 4 N–H and O–H groups in total. The average molecular weight is 474 g/mol.